The lowest BCUT2D eigenvalue weighted by Gasteiger charge is -2.13. The molecule has 0 spiro atoms. The SMILES string of the molecule is CCOC(=O)N(O)CCc1cc2ccccc2s1. The van der Waals surface area contributed by atoms with E-state index in [4.69, 9.17) is 4.74 Å². The number of benzene rings is 1. The Bertz CT molecular complexity index is 505. The summed E-state index contributed by atoms with van der Waals surface area (Å²) in [6.45, 7) is 2.21. The first-order valence-corrected chi connectivity index (χ1v) is 6.63. The van der Waals surface area contributed by atoms with Crippen LogP contribution in [0.5, 0.6) is 0 Å². The van der Waals surface area contributed by atoms with E-state index in [1.807, 2.05) is 12.1 Å². The monoisotopic (exact) mass is 265 g/mol. The van der Waals surface area contributed by atoms with Crippen molar-refractivity contribution in [2.24, 2.45) is 0 Å². The minimum Gasteiger partial charge on any atom is -0.448 e. The lowest BCUT2D eigenvalue weighted by molar-refractivity contribution is -0.0720. The van der Waals surface area contributed by atoms with Gasteiger partial charge in [0.2, 0.25) is 0 Å². The Morgan fingerprint density at radius 3 is 2.94 bits per heavy atom. The van der Waals surface area contributed by atoms with Crippen molar-refractivity contribution in [3.05, 3.63) is 35.2 Å². The molecule has 2 aromatic rings. The maximum atomic E-state index is 11.2. The maximum Gasteiger partial charge on any atom is 0.433 e. The van der Waals surface area contributed by atoms with Gasteiger partial charge in [-0.25, -0.2) is 4.79 Å². The average molecular weight is 265 g/mol. The van der Waals surface area contributed by atoms with E-state index in [0.29, 0.717) is 11.5 Å². The third kappa shape index (κ3) is 3.00. The number of amides is 1. The Morgan fingerprint density at radius 2 is 2.22 bits per heavy atom. The summed E-state index contributed by atoms with van der Waals surface area (Å²) >= 11 is 1.67. The van der Waals surface area contributed by atoms with Gasteiger partial charge in [-0.3, -0.25) is 5.21 Å². The molecule has 0 aliphatic rings. The van der Waals surface area contributed by atoms with Gasteiger partial charge in [0.05, 0.1) is 13.2 Å². The number of thiophene rings is 1. The fourth-order valence-corrected chi connectivity index (χ4v) is 2.72. The molecular formula is C13H15NO3S. The molecule has 0 bridgehead atoms. The minimum absolute atomic E-state index is 0.242. The van der Waals surface area contributed by atoms with E-state index in [-0.39, 0.29) is 13.2 Å². The van der Waals surface area contributed by atoms with Crippen molar-refractivity contribution in [1.82, 2.24) is 5.06 Å². The van der Waals surface area contributed by atoms with Crippen molar-refractivity contribution in [3.63, 3.8) is 0 Å². The van der Waals surface area contributed by atoms with E-state index in [1.165, 1.54) is 10.1 Å². The Kier molecular flexibility index (Phi) is 4.17. The average Bonchev–Trinajstić information content (AvgIpc) is 2.78. The standard InChI is InChI=1S/C13H15NO3S/c1-2-17-13(15)14(16)8-7-11-9-10-5-3-4-6-12(10)18-11/h3-6,9,16H,2,7-8H2,1H3. The van der Waals surface area contributed by atoms with Gasteiger partial charge in [-0.05, 0) is 24.4 Å². The first-order valence-electron chi connectivity index (χ1n) is 5.81. The van der Waals surface area contributed by atoms with Crippen LogP contribution in [0.15, 0.2) is 30.3 Å². The summed E-state index contributed by atoms with van der Waals surface area (Å²) in [7, 11) is 0. The van der Waals surface area contributed by atoms with E-state index in [9.17, 15) is 10.0 Å². The predicted molar refractivity (Wildman–Crippen MR) is 71.0 cm³/mol. The molecule has 96 valence electrons. The molecule has 1 aromatic heterocycles. The smallest absolute Gasteiger partial charge is 0.433 e. The number of ether oxygens (including phenoxy) is 1. The van der Waals surface area contributed by atoms with Crippen molar-refractivity contribution < 1.29 is 14.7 Å². The Morgan fingerprint density at radius 1 is 1.44 bits per heavy atom. The number of hydrogen-bond acceptors (Lipinski definition) is 4. The Hall–Kier alpha value is -1.59. The molecule has 0 saturated heterocycles. The molecule has 5 heteroatoms. The molecule has 1 aromatic carbocycles. The highest BCUT2D eigenvalue weighted by Gasteiger charge is 2.11. The fraction of sp³-hybridized carbons (Fsp3) is 0.308. The molecule has 0 atom stereocenters. The Labute approximate surface area is 109 Å². The van der Waals surface area contributed by atoms with Gasteiger partial charge in [0, 0.05) is 16.0 Å². The second-order valence-electron chi connectivity index (χ2n) is 3.82. The van der Waals surface area contributed by atoms with E-state index in [1.54, 1.807) is 18.3 Å². The molecule has 1 N–H and O–H groups in total. The molecular weight excluding hydrogens is 250 g/mol. The summed E-state index contributed by atoms with van der Waals surface area (Å²) in [5.41, 5.74) is 0. The summed E-state index contributed by atoms with van der Waals surface area (Å²) in [5.74, 6) is 0. The molecule has 0 aliphatic carbocycles. The van der Waals surface area contributed by atoms with Crippen LogP contribution < -0.4 is 0 Å². The molecule has 4 nitrogen and oxygen atoms in total. The molecule has 1 amide bonds. The summed E-state index contributed by atoms with van der Waals surface area (Å²) in [6, 6.07) is 10.2. The zero-order valence-electron chi connectivity index (χ0n) is 10.1. The second kappa shape index (κ2) is 5.84. The van der Waals surface area contributed by atoms with Gasteiger partial charge in [-0.2, -0.15) is 5.06 Å². The quantitative estimate of drug-likeness (QED) is 0.681. The van der Waals surface area contributed by atoms with Crippen LogP contribution >= 0.6 is 11.3 Å². The lowest BCUT2D eigenvalue weighted by atomic mass is 10.2. The van der Waals surface area contributed by atoms with Crippen LogP contribution in [0, 0.1) is 0 Å². The fourth-order valence-electron chi connectivity index (χ4n) is 1.67. The van der Waals surface area contributed by atoms with Crippen molar-refractivity contribution >= 4 is 27.5 Å². The Balaban J connectivity index is 1.95. The van der Waals surface area contributed by atoms with Crippen molar-refractivity contribution in [1.29, 1.82) is 0 Å². The molecule has 0 unspecified atom stereocenters. The van der Waals surface area contributed by atoms with Gasteiger partial charge >= 0.3 is 6.09 Å². The van der Waals surface area contributed by atoms with Crippen LogP contribution in [0.4, 0.5) is 4.79 Å². The number of carbonyl (C=O) groups is 1. The first kappa shape index (κ1) is 12.9. The van der Waals surface area contributed by atoms with Gasteiger partial charge in [0.15, 0.2) is 0 Å². The number of nitrogens with zero attached hydrogens (tertiary/aromatic N) is 1. The van der Waals surface area contributed by atoms with Crippen LogP contribution in [0.3, 0.4) is 0 Å². The largest absolute Gasteiger partial charge is 0.448 e. The van der Waals surface area contributed by atoms with Gasteiger partial charge < -0.3 is 4.74 Å². The topological polar surface area (TPSA) is 49.8 Å². The number of hydroxylamine groups is 2. The van der Waals surface area contributed by atoms with Crippen LogP contribution in [-0.2, 0) is 11.2 Å². The van der Waals surface area contributed by atoms with E-state index in [0.717, 1.165) is 4.88 Å². The highest BCUT2D eigenvalue weighted by Crippen LogP contribution is 2.25. The van der Waals surface area contributed by atoms with Crippen LogP contribution in [0.25, 0.3) is 10.1 Å². The van der Waals surface area contributed by atoms with Gasteiger partial charge in [0.25, 0.3) is 0 Å². The van der Waals surface area contributed by atoms with Crippen LogP contribution in [-0.4, -0.2) is 29.5 Å². The summed E-state index contributed by atoms with van der Waals surface area (Å²) in [5, 5.41) is 11.3. The summed E-state index contributed by atoms with van der Waals surface area (Å²) in [4.78, 5) is 12.3. The number of rotatable bonds is 4. The third-order valence-corrected chi connectivity index (χ3v) is 3.70. The van der Waals surface area contributed by atoms with Gasteiger partial charge in [-0.15, -0.1) is 11.3 Å². The van der Waals surface area contributed by atoms with E-state index >= 15 is 0 Å². The van der Waals surface area contributed by atoms with Crippen molar-refractivity contribution in [2.75, 3.05) is 13.2 Å². The molecule has 2 rings (SSSR count). The first-order chi connectivity index (χ1) is 8.70. The maximum absolute atomic E-state index is 11.2. The second-order valence-corrected chi connectivity index (χ2v) is 4.99. The third-order valence-electron chi connectivity index (χ3n) is 2.53. The van der Waals surface area contributed by atoms with Gasteiger partial charge in [0.1, 0.15) is 0 Å². The normalized spacial score (nSPS) is 10.6. The minimum atomic E-state index is -0.696. The zero-order chi connectivity index (χ0) is 13.0. The molecule has 0 saturated carbocycles. The molecule has 0 fully saturated rings. The molecule has 1 heterocycles. The highest BCUT2D eigenvalue weighted by molar-refractivity contribution is 7.19. The number of fused-ring (bicyclic) bond motifs is 1. The van der Waals surface area contributed by atoms with Crippen LogP contribution in [0.1, 0.15) is 11.8 Å². The van der Waals surface area contributed by atoms with E-state index in [2.05, 4.69) is 18.2 Å². The lowest BCUT2D eigenvalue weighted by Crippen LogP contribution is -2.29. The molecule has 0 aliphatic heterocycles. The zero-order valence-corrected chi connectivity index (χ0v) is 10.9. The highest BCUT2D eigenvalue weighted by atomic mass is 32.1. The van der Waals surface area contributed by atoms with Gasteiger partial charge in [-0.1, -0.05) is 18.2 Å². The van der Waals surface area contributed by atoms with Crippen molar-refractivity contribution in [3.8, 4) is 0 Å². The molecule has 0 radical (unpaired) electrons. The van der Waals surface area contributed by atoms with Crippen LogP contribution in [0.2, 0.25) is 0 Å². The summed E-state index contributed by atoms with van der Waals surface area (Å²) in [6.07, 6.45) is -0.0760. The van der Waals surface area contributed by atoms with Crippen molar-refractivity contribution in [2.45, 2.75) is 13.3 Å². The predicted octanol–water partition coefficient (Wildman–Crippen LogP) is 3.29. The number of carbonyl (C=O) groups excluding carboxylic acids is 1. The number of hydrogen-bond donors (Lipinski definition) is 1. The van der Waals surface area contributed by atoms with E-state index < -0.39 is 6.09 Å². The summed E-state index contributed by atoms with van der Waals surface area (Å²) < 4.78 is 5.91. The molecule has 18 heavy (non-hydrogen) atoms.